The quantitative estimate of drug-likeness (QED) is 0.579. The molecule has 0 saturated carbocycles. The SMILES string of the molecule is Fc1c(Br)c(I)cc2cn[nH]c12. The zero-order valence-corrected chi connectivity index (χ0v) is 9.48. The minimum atomic E-state index is -0.283. The average molecular weight is 341 g/mol. The second-order valence-corrected chi connectivity index (χ2v) is 4.28. The fraction of sp³-hybridized carbons (Fsp3) is 0. The normalized spacial score (nSPS) is 10.9. The first-order valence-corrected chi connectivity index (χ1v) is 5.04. The van der Waals surface area contributed by atoms with Crippen LogP contribution in [0.1, 0.15) is 0 Å². The molecule has 12 heavy (non-hydrogen) atoms. The van der Waals surface area contributed by atoms with E-state index < -0.39 is 0 Å². The molecule has 1 aromatic carbocycles. The zero-order valence-electron chi connectivity index (χ0n) is 5.74. The molecule has 0 saturated heterocycles. The first-order valence-electron chi connectivity index (χ1n) is 3.16. The van der Waals surface area contributed by atoms with Gasteiger partial charge < -0.3 is 0 Å². The average Bonchev–Trinajstić information content (AvgIpc) is 2.48. The summed E-state index contributed by atoms with van der Waals surface area (Å²) in [5.74, 6) is -0.283. The summed E-state index contributed by atoms with van der Waals surface area (Å²) in [5, 5.41) is 7.14. The minimum absolute atomic E-state index is 0.283. The Morgan fingerprint density at radius 2 is 2.33 bits per heavy atom. The van der Waals surface area contributed by atoms with Crippen LogP contribution in [0.4, 0.5) is 4.39 Å². The van der Waals surface area contributed by atoms with Crippen molar-refractivity contribution in [2.75, 3.05) is 0 Å². The molecule has 2 rings (SSSR count). The van der Waals surface area contributed by atoms with Crippen LogP contribution in [-0.4, -0.2) is 10.2 Å². The number of benzene rings is 1. The molecule has 0 unspecified atom stereocenters. The van der Waals surface area contributed by atoms with E-state index in [1.807, 2.05) is 6.07 Å². The Balaban J connectivity index is 2.94. The van der Waals surface area contributed by atoms with Crippen molar-refractivity contribution in [2.24, 2.45) is 0 Å². The summed E-state index contributed by atoms with van der Waals surface area (Å²) in [6, 6.07) is 1.87. The molecule has 0 fully saturated rings. The third-order valence-corrected chi connectivity index (χ3v) is 3.94. The van der Waals surface area contributed by atoms with E-state index in [1.54, 1.807) is 6.20 Å². The number of fused-ring (bicyclic) bond motifs is 1. The molecule has 62 valence electrons. The molecule has 0 aliphatic carbocycles. The van der Waals surface area contributed by atoms with Gasteiger partial charge in [0.25, 0.3) is 0 Å². The second kappa shape index (κ2) is 2.95. The molecular weight excluding hydrogens is 338 g/mol. The van der Waals surface area contributed by atoms with Gasteiger partial charge in [-0.2, -0.15) is 5.10 Å². The predicted molar refractivity (Wildman–Crippen MR) is 56.5 cm³/mol. The monoisotopic (exact) mass is 340 g/mol. The van der Waals surface area contributed by atoms with E-state index in [0.717, 1.165) is 8.96 Å². The van der Waals surface area contributed by atoms with E-state index in [-0.39, 0.29) is 5.82 Å². The molecule has 5 heteroatoms. The molecule has 2 aromatic rings. The Hall–Kier alpha value is -0.170. The molecule has 1 aromatic heterocycles. The maximum absolute atomic E-state index is 13.4. The number of aromatic amines is 1. The number of nitrogens with zero attached hydrogens (tertiary/aromatic N) is 1. The molecule has 0 bridgehead atoms. The second-order valence-electron chi connectivity index (χ2n) is 2.32. The molecule has 0 amide bonds. The van der Waals surface area contributed by atoms with Crippen LogP contribution < -0.4 is 0 Å². The van der Waals surface area contributed by atoms with Crippen LogP contribution >= 0.6 is 38.5 Å². The van der Waals surface area contributed by atoms with Gasteiger partial charge in [0.1, 0.15) is 5.52 Å². The Morgan fingerprint density at radius 3 is 3.08 bits per heavy atom. The highest BCUT2D eigenvalue weighted by Gasteiger charge is 2.10. The van der Waals surface area contributed by atoms with Crippen molar-refractivity contribution in [3.05, 3.63) is 26.1 Å². The van der Waals surface area contributed by atoms with E-state index in [9.17, 15) is 4.39 Å². The fourth-order valence-corrected chi connectivity index (χ4v) is 1.88. The Labute approximate surface area is 89.8 Å². The van der Waals surface area contributed by atoms with Crippen molar-refractivity contribution in [3.63, 3.8) is 0 Å². The van der Waals surface area contributed by atoms with Crippen molar-refractivity contribution in [2.45, 2.75) is 0 Å². The molecule has 0 radical (unpaired) electrons. The fourth-order valence-electron chi connectivity index (χ4n) is 0.995. The third-order valence-electron chi connectivity index (χ3n) is 1.57. The van der Waals surface area contributed by atoms with Gasteiger partial charge in [0.15, 0.2) is 5.82 Å². The molecule has 0 aliphatic rings. The standard InChI is InChI=1S/C7H3BrFIN2/c8-5-4(10)1-3-2-11-12-7(3)6(5)9/h1-2H,(H,11,12). The Bertz CT molecular complexity index is 440. The van der Waals surface area contributed by atoms with Crippen LogP contribution in [0.5, 0.6) is 0 Å². The van der Waals surface area contributed by atoms with Gasteiger partial charge in [-0.1, -0.05) is 0 Å². The van der Waals surface area contributed by atoms with Crippen molar-refractivity contribution in [1.82, 2.24) is 10.2 Å². The number of aromatic nitrogens is 2. The highest BCUT2D eigenvalue weighted by molar-refractivity contribution is 14.1. The van der Waals surface area contributed by atoms with E-state index in [0.29, 0.717) is 9.99 Å². The third kappa shape index (κ3) is 1.15. The van der Waals surface area contributed by atoms with Crippen molar-refractivity contribution < 1.29 is 4.39 Å². The smallest absolute Gasteiger partial charge is 0.164 e. The van der Waals surface area contributed by atoms with Crippen LogP contribution in [0, 0.1) is 9.39 Å². The summed E-state index contributed by atoms with van der Waals surface area (Å²) < 4.78 is 14.7. The highest BCUT2D eigenvalue weighted by Crippen LogP contribution is 2.28. The number of hydrogen-bond acceptors (Lipinski definition) is 1. The number of H-pyrrole nitrogens is 1. The zero-order chi connectivity index (χ0) is 8.72. The van der Waals surface area contributed by atoms with Crippen molar-refractivity contribution in [1.29, 1.82) is 0 Å². The van der Waals surface area contributed by atoms with Crippen LogP contribution in [0.15, 0.2) is 16.7 Å². The van der Waals surface area contributed by atoms with Crippen molar-refractivity contribution >= 4 is 49.4 Å². The van der Waals surface area contributed by atoms with Crippen LogP contribution in [0.25, 0.3) is 10.9 Å². The number of rotatable bonds is 0. The van der Waals surface area contributed by atoms with Gasteiger partial charge in [-0.3, -0.25) is 5.10 Å². The van der Waals surface area contributed by atoms with Gasteiger partial charge in [0.2, 0.25) is 0 Å². The van der Waals surface area contributed by atoms with Crippen LogP contribution in [0.2, 0.25) is 0 Å². The van der Waals surface area contributed by atoms with Gasteiger partial charge in [-0.15, -0.1) is 0 Å². The van der Waals surface area contributed by atoms with Gasteiger partial charge >= 0.3 is 0 Å². The van der Waals surface area contributed by atoms with E-state index in [2.05, 4.69) is 48.7 Å². The lowest BCUT2D eigenvalue weighted by molar-refractivity contribution is 0.628. The summed E-state index contributed by atoms with van der Waals surface area (Å²) in [6.07, 6.45) is 1.60. The molecule has 1 N–H and O–H groups in total. The Kier molecular flexibility index (Phi) is 2.07. The lowest BCUT2D eigenvalue weighted by Crippen LogP contribution is -1.84. The summed E-state index contributed by atoms with van der Waals surface area (Å²) in [4.78, 5) is 0. The Morgan fingerprint density at radius 1 is 1.58 bits per heavy atom. The molecule has 0 aliphatic heterocycles. The highest BCUT2D eigenvalue weighted by atomic mass is 127. The molecule has 2 nitrogen and oxygen atoms in total. The van der Waals surface area contributed by atoms with E-state index >= 15 is 0 Å². The maximum Gasteiger partial charge on any atom is 0.164 e. The maximum atomic E-state index is 13.4. The van der Waals surface area contributed by atoms with Crippen molar-refractivity contribution in [3.8, 4) is 0 Å². The number of hydrogen-bond donors (Lipinski definition) is 1. The van der Waals surface area contributed by atoms with Gasteiger partial charge in [-0.05, 0) is 44.6 Å². The first kappa shape index (κ1) is 8.43. The summed E-state index contributed by atoms with van der Waals surface area (Å²) >= 11 is 5.22. The topological polar surface area (TPSA) is 28.7 Å². The lowest BCUT2D eigenvalue weighted by atomic mass is 10.2. The van der Waals surface area contributed by atoms with E-state index in [4.69, 9.17) is 0 Å². The number of nitrogens with one attached hydrogen (secondary N) is 1. The van der Waals surface area contributed by atoms with E-state index in [1.165, 1.54) is 0 Å². The molecule has 0 spiro atoms. The van der Waals surface area contributed by atoms with Crippen LogP contribution in [0.3, 0.4) is 0 Å². The van der Waals surface area contributed by atoms with Crippen LogP contribution in [-0.2, 0) is 0 Å². The molecule has 0 atom stereocenters. The lowest BCUT2D eigenvalue weighted by Gasteiger charge is -1.98. The van der Waals surface area contributed by atoms with Gasteiger partial charge in [0.05, 0.1) is 10.7 Å². The summed E-state index contributed by atoms with van der Waals surface area (Å²) in [6.45, 7) is 0. The molecule has 1 heterocycles. The number of halogens is 3. The molecular formula is C7H3BrFIN2. The summed E-state index contributed by atoms with van der Waals surface area (Å²) in [5.41, 5.74) is 0.447. The van der Waals surface area contributed by atoms with Gasteiger partial charge in [0, 0.05) is 8.96 Å². The summed E-state index contributed by atoms with van der Waals surface area (Å²) in [7, 11) is 0. The minimum Gasteiger partial charge on any atom is -0.275 e. The largest absolute Gasteiger partial charge is 0.275 e. The first-order chi connectivity index (χ1) is 5.70. The van der Waals surface area contributed by atoms with Gasteiger partial charge in [-0.25, -0.2) is 4.39 Å². The predicted octanol–water partition coefficient (Wildman–Crippen LogP) is 3.07.